The molecule has 0 heterocycles. The Balaban J connectivity index is 2.53. The van der Waals surface area contributed by atoms with E-state index in [0.717, 1.165) is 18.0 Å². The standard InChI is InChI=1S/C16H25NO2S/c1-6-17-10-13-7-8-14(9-12(13)2)20-11-15(18)19-16(3,4)5/h7-9,17H,6,10-11H2,1-5H3. The Kier molecular flexibility index (Phi) is 6.56. The predicted molar refractivity (Wildman–Crippen MR) is 85.1 cm³/mol. The average molecular weight is 295 g/mol. The molecule has 0 saturated carbocycles. The van der Waals surface area contributed by atoms with Crippen molar-refractivity contribution in [2.75, 3.05) is 12.3 Å². The summed E-state index contributed by atoms with van der Waals surface area (Å²) in [6, 6.07) is 6.31. The minimum Gasteiger partial charge on any atom is -0.459 e. The number of thioether (sulfide) groups is 1. The first-order valence-electron chi connectivity index (χ1n) is 6.96. The molecule has 0 aliphatic carbocycles. The molecule has 0 aliphatic rings. The molecule has 0 unspecified atom stereocenters. The number of carbonyl (C=O) groups excluding carboxylic acids is 1. The summed E-state index contributed by atoms with van der Waals surface area (Å²) >= 11 is 1.52. The van der Waals surface area contributed by atoms with E-state index >= 15 is 0 Å². The molecule has 0 radical (unpaired) electrons. The zero-order valence-electron chi connectivity index (χ0n) is 13.1. The minimum atomic E-state index is -0.413. The Bertz CT molecular complexity index is 452. The molecule has 0 atom stereocenters. The van der Waals surface area contributed by atoms with Crippen LogP contribution in [0.4, 0.5) is 0 Å². The monoisotopic (exact) mass is 295 g/mol. The van der Waals surface area contributed by atoms with Crippen LogP contribution >= 0.6 is 11.8 Å². The van der Waals surface area contributed by atoms with Gasteiger partial charge in [-0.05, 0) is 57.5 Å². The summed E-state index contributed by atoms with van der Waals surface area (Å²) in [5.41, 5.74) is 2.14. The molecule has 0 bridgehead atoms. The molecular formula is C16H25NO2S. The largest absolute Gasteiger partial charge is 0.459 e. The lowest BCUT2D eigenvalue weighted by atomic mass is 10.1. The number of nitrogens with one attached hydrogen (secondary N) is 1. The molecule has 0 saturated heterocycles. The van der Waals surface area contributed by atoms with E-state index in [1.165, 1.54) is 22.9 Å². The van der Waals surface area contributed by atoms with Crippen molar-refractivity contribution in [1.82, 2.24) is 5.32 Å². The van der Waals surface area contributed by atoms with E-state index in [2.05, 4.69) is 37.4 Å². The van der Waals surface area contributed by atoms with E-state index in [1.807, 2.05) is 20.8 Å². The van der Waals surface area contributed by atoms with Crippen molar-refractivity contribution in [2.24, 2.45) is 0 Å². The van der Waals surface area contributed by atoms with Gasteiger partial charge in [0.2, 0.25) is 0 Å². The van der Waals surface area contributed by atoms with Gasteiger partial charge in [0, 0.05) is 11.4 Å². The van der Waals surface area contributed by atoms with E-state index in [4.69, 9.17) is 4.74 Å². The van der Waals surface area contributed by atoms with Gasteiger partial charge in [-0.2, -0.15) is 0 Å². The Morgan fingerprint density at radius 1 is 1.35 bits per heavy atom. The number of benzene rings is 1. The molecule has 0 fully saturated rings. The van der Waals surface area contributed by atoms with Crippen LogP contribution in [0.15, 0.2) is 23.1 Å². The Labute approximate surface area is 126 Å². The Morgan fingerprint density at radius 3 is 2.60 bits per heavy atom. The van der Waals surface area contributed by atoms with Crippen LogP contribution in [0, 0.1) is 6.92 Å². The second-order valence-corrected chi connectivity index (χ2v) is 6.79. The number of carbonyl (C=O) groups is 1. The molecule has 0 aliphatic heterocycles. The average Bonchev–Trinajstić information content (AvgIpc) is 2.33. The third-order valence-corrected chi connectivity index (χ3v) is 3.62. The van der Waals surface area contributed by atoms with Crippen molar-refractivity contribution >= 4 is 17.7 Å². The maximum absolute atomic E-state index is 11.7. The van der Waals surface area contributed by atoms with E-state index in [0.29, 0.717) is 5.75 Å². The van der Waals surface area contributed by atoms with Crippen molar-refractivity contribution in [3.63, 3.8) is 0 Å². The smallest absolute Gasteiger partial charge is 0.316 e. The van der Waals surface area contributed by atoms with Gasteiger partial charge in [0.25, 0.3) is 0 Å². The van der Waals surface area contributed by atoms with Crippen LogP contribution in [0.1, 0.15) is 38.8 Å². The molecule has 20 heavy (non-hydrogen) atoms. The third kappa shape index (κ3) is 6.44. The maximum atomic E-state index is 11.7. The van der Waals surface area contributed by atoms with Crippen LogP contribution in [0.25, 0.3) is 0 Å². The van der Waals surface area contributed by atoms with Crippen LogP contribution in [-0.2, 0) is 16.1 Å². The summed E-state index contributed by atoms with van der Waals surface area (Å²) in [6.07, 6.45) is 0. The second kappa shape index (κ2) is 7.70. The number of hydrogen-bond acceptors (Lipinski definition) is 4. The van der Waals surface area contributed by atoms with Gasteiger partial charge in [0.15, 0.2) is 0 Å². The summed E-state index contributed by atoms with van der Waals surface area (Å²) < 4.78 is 5.30. The normalized spacial score (nSPS) is 11.4. The van der Waals surface area contributed by atoms with Gasteiger partial charge < -0.3 is 10.1 Å². The fourth-order valence-electron chi connectivity index (χ4n) is 1.73. The number of esters is 1. The highest BCUT2D eigenvalue weighted by atomic mass is 32.2. The number of aryl methyl sites for hydroxylation is 1. The quantitative estimate of drug-likeness (QED) is 0.643. The summed E-state index contributed by atoms with van der Waals surface area (Å²) in [7, 11) is 0. The summed E-state index contributed by atoms with van der Waals surface area (Å²) in [4.78, 5) is 12.8. The number of ether oxygens (including phenoxy) is 1. The predicted octanol–water partition coefficient (Wildman–Crippen LogP) is 3.54. The second-order valence-electron chi connectivity index (χ2n) is 5.74. The molecule has 1 aromatic rings. The van der Waals surface area contributed by atoms with E-state index < -0.39 is 5.60 Å². The molecule has 1 rings (SSSR count). The highest BCUT2D eigenvalue weighted by molar-refractivity contribution is 8.00. The minimum absolute atomic E-state index is 0.170. The highest BCUT2D eigenvalue weighted by Gasteiger charge is 2.16. The van der Waals surface area contributed by atoms with E-state index in [-0.39, 0.29) is 5.97 Å². The molecule has 0 spiro atoms. The van der Waals surface area contributed by atoms with E-state index in [9.17, 15) is 4.79 Å². The lowest BCUT2D eigenvalue weighted by Crippen LogP contribution is -2.24. The third-order valence-electron chi connectivity index (χ3n) is 2.66. The van der Waals surface area contributed by atoms with Crippen LogP contribution in [0.5, 0.6) is 0 Å². The molecule has 0 amide bonds. The topological polar surface area (TPSA) is 38.3 Å². The first kappa shape index (κ1) is 17.1. The van der Waals surface area contributed by atoms with Crippen molar-refractivity contribution < 1.29 is 9.53 Å². The Morgan fingerprint density at radius 2 is 2.05 bits per heavy atom. The van der Waals surface area contributed by atoms with Gasteiger partial charge in [0.05, 0.1) is 5.75 Å². The molecule has 3 nitrogen and oxygen atoms in total. The van der Waals surface area contributed by atoms with Crippen LogP contribution in [-0.4, -0.2) is 23.9 Å². The van der Waals surface area contributed by atoms with Crippen molar-refractivity contribution in [3.8, 4) is 0 Å². The lowest BCUT2D eigenvalue weighted by Gasteiger charge is -2.19. The molecular weight excluding hydrogens is 270 g/mol. The number of hydrogen-bond donors (Lipinski definition) is 1. The van der Waals surface area contributed by atoms with Gasteiger partial charge in [-0.3, -0.25) is 4.79 Å². The molecule has 112 valence electrons. The zero-order valence-corrected chi connectivity index (χ0v) is 13.9. The van der Waals surface area contributed by atoms with Gasteiger partial charge in [-0.25, -0.2) is 0 Å². The van der Waals surface area contributed by atoms with Gasteiger partial charge >= 0.3 is 5.97 Å². The van der Waals surface area contributed by atoms with Crippen LogP contribution < -0.4 is 5.32 Å². The maximum Gasteiger partial charge on any atom is 0.316 e. The zero-order chi connectivity index (χ0) is 15.2. The molecule has 4 heteroatoms. The van der Waals surface area contributed by atoms with Gasteiger partial charge in [-0.1, -0.05) is 13.0 Å². The summed E-state index contributed by atoms with van der Waals surface area (Å²) in [5.74, 6) is 0.181. The van der Waals surface area contributed by atoms with Crippen molar-refractivity contribution in [2.45, 2.75) is 51.7 Å². The molecule has 0 aromatic heterocycles. The van der Waals surface area contributed by atoms with Gasteiger partial charge in [0.1, 0.15) is 5.60 Å². The fourth-order valence-corrected chi connectivity index (χ4v) is 2.50. The van der Waals surface area contributed by atoms with E-state index in [1.54, 1.807) is 0 Å². The highest BCUT2D eigenvalue weighted by Crippen LogP contribution is 2.22. The fraction of sp³-hybridized carbons (Fsp3) is 0.562. The first-order chi connectivity index (χ1) is 9.31. The van der Waals surface area contributed by atoms with Crippen LogP contribution in [0.2, 0.25) is 0 Å². The molecule has 1 N–H and O–H groups in total. The van der Waals surface area contributed by atoms with Crippen LogP contribution in [0.3, 0.4) is 0 Å². The van der Waals surface area contributed by atoms with Crippen molar-refractivity contribution in [3.05, 3.63) is 29.3 Å². The van der Waals surface area contributed by atoms with Crippen molar-refractivity contribution in [1.29, 1.82) is 0 Å². The summed E-state index contributed by atoms with van der Waals surface area (Å²) in [5, 5.41) is 3.32. The van der Waals surface area contributed by atoms with Gasteiger partial charge in [-0.15, -0.1) is 11.8 Å². The molecule has 1 aromatic carbocycles. The summed E-state index contributed by atoms with van der Waals surface area (Å²) in [6.45, 7) is 11.7. The number of rotatable bonds is 6. The Hall–Kier alpha value is -1.00. The lowest BCUT2D eigenvalue weighted by molar-refractivity contribution is -0.151. The first-order valence-corrected chi connectivity index (χ1v) is 7.95. The SMILES string of the molecule is CCNCc1ccc(SCC(=O)OC(C)(C)C)cc1C.